The lowest BCUT2D eigenvalue weighted by atomic mass is 9.91. The maximum Gasteiger partial charge on any atom is 0.0768 e. The molecule has 1 N–H and O–H groups in total. The monoisotopic (exact) mass is 255 g/mol. The van der Waals surface area contributed by atoms with Crippen LogP contribution in [0.25, 0.3) is 0 Å². The van der Waals surface area contributed by atoms with Gasteiger partial charge in [0, 0.05) is 17.5 Å². The number of rotatable bonds is 6. The molecular formula is C14H25NOS. The Balaban J connectivity index is 2.50. The van der Waals surface area contributed by atoms with E-state index in [2.05, 4.69) is 50.2 Å². The summed E-state index contributed by atoms with van der Waals surface area (Å²) in [6, 6.07) is 4.73. The zero-order valence-corrected chi connectivity index (χ0v) is 12.4. The van der Waals surface area contributed by atoms with E-state index in [4.69, 9.17) is 0 Å². The van der Waals surface area contributed by atoms with Gasteiger partial charge in [-0.1, -0.05) is 19.9 Å². The molecule has 98 valence electrons. The van der Waals surface area contributed by atoms with Crippen LogP contribution in [0.4, 0.5) is 0 Å². The molecule has 1 heterocycles. The molecule has 0 radical (unpaired) electrons. The van der Waals surface area contributed by atoms with Crippen LogP contribution < -0.4 is 0 Å². The number of nitrogens with zero attached hydrogens (tertiary/aromatic N) is 1. The van der Waals surface area contributed by atoms with Crippen molar-refractivity contribution >= 4 is 11.3 Å². The summed E-state index contributed by atoms with van der Waals surface area (Å²) in [5.74, 6) is 0.277. The quantitative estimate of drug-likeness (QED) is 0.844. The highest BCUT2D eigenvalue weighted by Crippen LogP contribution is 2.20. The van der Waals surface area contributed by atoms with Crippen molar-refractivity contribution in [2.24, 2.45) is 5.92 Å². The van der Waals surface area contributed by atoms with Crippen LogP contribution in [-0.4, -0.2) is 35.2 Å². The molecule has 3 heteroatoms. The van der Waals surface area contributed by atoms with Gasteiger partial charge in [-0.05, 0) is 44.7 Å². The third-order valence-corrected chi connectivity index (χ3v) is 4.54. The zero-order chi connectivity index (χ0) is 13.1. The molecule has 0 fully saturated rings. The number of thiophene rings is 1. The Kier molecular flexibility index (Phi) is 5.17. The largest absolute Gasteiger partial charge is 0.389 e. The molecule has 0 spiro atoms. The van der Waals surface area contributed by atoms with Crippen LogP contribution in [0.15, 0.2) is 17.5 Å². The Morgan fingerprint density at radius 3 is 2.53 bits per heavy atom. The highest BCUT2D eigenvalue weighted by Gasteiger charge is 2.28. The number of likely N-dealkylation sites (N-methyl/N-ethyl adjacent to an activating group) is 1. The normalized spacial score (nSPS) is 17.4. The second kappa shape index (κ2) is 5.98. The molecule has 0 bridgehead atoms. The Morgan fingerprint density at radius 2 is 2.06 bits per heavy atom. The average Bonchev–Trinajstić information content (AvgIpc) is 2.69. The first-order valence-electron chi connectivity index (χ1n) is 6.28. The fraction of sp³-hybridized carbons (Fsp3) is 0.714. The van der Waals surface area contributed by atoms with Crippen LogP contribution in [0.2, 0.25) is 0 Å². The predicted molar refractivity (Wildman–Crippen MR) is 75.6 cm³/mol. The van der Waals surface area contributed by atoms with Gasteiger partial charge in [0.15, 0.2) is 0 Å². The van der Waals surface area contributed by atoms with Crippen molar-refractivity contribution < 1.29 is 5.11 Å². The van der Waals surface area contributed by atoms with E-state index in [9.17, 15) is 5.11 Å². The van der Waals surface area contributed by atoms with Crippen LogP contribution in [-0.2, 0) is 6.42 Å². The van der Waals surface area contributed by atoms with E-state index < -0.39 is 5.60 Å². The van der Waals surface area contributed by atoms with Gasteiger partial charge in [-0.2, -0.15) is 0 Å². The fourth-order valence-electron chi connectivity index (χ4n) is 1.72. The van der Waals surface area contributed by atoms with E-state index in [0.717, 1.165) is 13.0 Å². The van der Waals surface area contributed by atoms with Gasteiger partial charge in [-0.15, -0.1) is 11.3 Å². The molecule has 0 aromatic carbocycles. The summed E-state index contributed by atoms with van der Waals surface area (Å²) < 4.78 is 0. The minimum Gasteiger partial charge on any atom is -0.389 e. The standard InChI is InChI=1S/C14H25NOS/c1-11(2)14(4,16)10-15(5)12(3)9-13-7-6-8-17-13/h6-8,11-12,16H,9-10H2,1-5H3. The van der Waals surface area contributed by atoms with Gasteiger partial charge in [0.1, 0.15) is 0 Å². The highest BCUT2D eigenvalue weighted by molar-refractivity contribution is 7.09. The van der Waals surface area contributed by atoms with E-state index >= 15 is 0 Å². The molecule has 2 atom stereocenters. The van der Waals surface area contributed by atoms with Gasteiger partial charge in [-0.3, -0.25) is 0 Å². The van der Waals surface area contributed by atoms with E-state index in [0.29, 0.717) is 6.04 Å². The van der Waals surface area contributed by atoms with Crippen molar-refractivity contribution in [3.8, 4) is 0 Å². The molecule has 1 aromatic heterocycles. The SMILES string of the molecule is CC(Cc1cccs1)N(C)CC(C)(O)C(C)C. The fourth-order valence-corrected chi connectivity index (χ4v) is 2.55. The van der Waals surface area contributed by atoms with Crippen molar-refractivity contribution in [2.45, 2.75) is 45.8 Å². The predicted octanol–water partition coefficient (Wildman–Crippen LogP) is 3.02. The zero-order valence-electron chi connectivity index (χ0n) is 11.6. The summed E-state index contributed by atoms with van der Waals surface area (Å²) in [7, 11) is 2.09. The van der Waals surface area contributed by atoms with Gasteiger partial charge >= 0.3 is 0 Å². The molecule has 0 aliphatic rings. The van der Waals surface area contributed by atoms with E-state index in [1.54, 1.807) is 11.3 Å². The summed E-state index contributed by atoms with van der Waals surface area (Å²) in [4.78, 5) is 3.66. The van der Waals surface area contributed by atoms with Crippen molar-refractivity contribution in [3.63, 3.8) is 0 Å². The maximum atomic E-state index is 10.3. The molecular weight excluding hydrogens is 230 g/mol. The molecule has 1 aromatic rings. The highest BCUT2D eigenvalue weighted by atomic mass is 32.1. The molecule has 0 aliphatic carbocycles. The molecule has 0 aliphatic heterocycles. The second-order valence-corrected chi connectivity index (χ2v) is 6.59. The van der Waals surface area contributed by atoms with Gasteiger partial charge in [0.2, 0.25) is 0 Å². The summed E-state index contributed by atoms with van der Waals surface area (Å²) in [6.45, 7) is 8.99. The number of hydrogen-bond donors (Lipinski definition) is 1. The van der Waals surface area contributed by atoms with Crippen LogP contribution >= 0.6 is 11.3 Å². The minimum absolute atomic E-state index is 0.277. The van der Waals surface area contributed by atoms with E-state index in [1.807, 2.05) is 6.92 Å². The van der Waals surface area contributed by atoms with Gasteiger partial charge in [0.25, 0.3) is 0 Å². The van der Waals surface area contributed by atoms with Crippen LogP contribution in [0.3, 0.4) is 0 Å². The van der Waals surface area contributed by atoms with Crippen molar-refractivity contribution in [3.05, 3.63) is 22.4 Å². The van der Waals surface area contributed by atoms with Crippen LogP contribution in [0.5, 0.6) is 0 Å². The van der Waals surface area contributed by atoms with Crippen LogP contribution in [0, 0.1) is 5.92 Å². The van der Waals surface area contributed by atoms with Crippen molar-refractivity contribution in [1.29, 1.82) is 0 Å². The Bertz CT molecular complexity index is 319. The Morgan fingerprint density at radius 1 is 1.41 bits per heavy atom. The number of aliphatic hydroxyl groups is 1. The minimum atomic E-state index is -0.613. The molecule has 0 amide bonds. The smallest absolute Gasteiger partial charge is 0.0768 e. The third kappa shape index (κ3) is 4.41. The Labute approximate surface area is 109 Å². The molecule has 0 saturated heterocycles. The summed E-state index contributed by atoms with van der Waals surface area (Å²) in [5, 5.41) is 12.4. The third-order valence-electron chi connectivity index (χ3n) is 3.64. The van der Waals surface area contributed by atoms with Gasteiger partial charge in [-0.25, -0.2) is 0 Å². The molecule has 1 rings (SSSR count). The first kappa shape index (κ1) is 14.7. The van der Waals surface area contributed by atoms with Gasteiger partial charge in [0.05, 0.1) is 5.60 Å². The lowest BCUT2D eigenvalue weighted by molar-refractivity contribution is -0.0204. The number of hydrogen-bond acceptors (Lipinski definition) is 3. The Hall–Kier alpha value is -0.380. The molecule has 2 unspecified atom stereocenters. The molecule has 2 nitrogen and oxygen atoms in total. The summed E-state index contributed by atoms with van der Waals surface area (Å²) in [5.41, 5.74) is -0.613. The lowest BCUT2D eigenvalue weighted by Crippen LogP contribution is -2.46. The average molecular weight is 255 g/mol. The van der Waals surface area contributed by atoms with Crippen molar-refractivity contribution in [2.75, 3.05) is 13.6 Å². The van der Waals surface area contributed by atoms with E-state index in [-0.39, 0.29) is 5.92 Å². The van der Waals surface area contributed by atoms with Crippen LogP contribution in [0.1, 0.15) is 32.6 Å². The molecule has 17 heavy (non-hydrogen) atoms. The topological polar surface area (TPSA) is 23.5 Å². The van der Waals surface area contributed by atoms with E-state index in [1.165, 1.54) is 4.88 Å². The first-order valence-corrected chi connectivity index (χ1v) is 7.16. The molecule has 0 saturated carbocycles. The van der Waals surface area contributed by atoms with Gasteiger partial charge < -0.3 is 10.0 Å². The summed E-state index contributed by atoms with van der Waals surface area (Å²) in [6.07, 6.45) is 1.06. The summed E-state index contributed by atoms with van der Waals surface area (Å²) >= 11 is 1.80. The second-order valence-electron chi connectivity index (χ2n) is 5.56. The first-order chi connectivity index (χ1) is 7.83. The lowest BCUT2D eigenvalue weighted by Gasteiger charge is -2.35. The van der Waals surface area contributed by atoms with Crippen molar-refractivity contribution in [1.82, 2.24) is 4.90 Å². The maximum absolute atomic E-state index is 10.3.